The summed E-state index contributed by atoms with van der Waals surface area (Å²) in [4.78, 5) is 14.1. The molecule has 0 heterocycles. The molecule has 0 bridgehead atoms. The number of anilines is 1. The molecular weight excluding hydrogens is 266 g/mol. The lowest BCUT2D eigenvalue weighted by molar-refractivity contribution is 0.158. The quantitative estimate of drug-likeness (QED) is 0.723. The van der Waals surface area contributed by atoms with Crippen LogP contribution in [0.3, 0.4) is 0 Å². The van der Waals surface area contributed by atoms with Crippen LogP contribution in [0, 0.1) is 0 Å². The van der Waals surface area contributed by atoms with Crippen LogP contribution in [0.25, 0.3) is 0 Å². The molecule has 2 amide bonds. The van der Waals surface area contributed by atoms with E-state index in [1.165, 1.54) is 0 Å². The van der Waals surface area contributed by atoms with E-state index in [-0.39, 0.29) is 24.7 Å². The molecule has 118 valence electrons. The Morgan fingerprint density at radius 2 is 2.05 bits per heavy atom. The van der Waals surface area contributed by atoms with Crippen LogP contribution in [0.2, 0.25) is 0 Å². The van der Waals surface area contributed by atoms with Crippen molar-refractivity contribution in [3.8, 4) is 0 Å². The van der Waals surface area contributed by atoms with Gasteiger partial charge in [0.2, 0.25) is 0 Å². The molecule has 0 saturated carbocycles. The molecule has 5 heteroatoms. The van der Waals surface area contributed by atoms with Crippen LogP contribution in [0.15, 0.2) is 24.3 Å². The van der Waals surface area contributed by atoms with E-state index < -0.39 is 0 Å². The summed E-state index contributed by atoms with van der Waals surface area (Å²) in [5, 5.41) is 12.1. The van der Waals surface area contributed by atoms with Crippen molar-refractivity contribution in [2.24, 2.45) is 5.73 Å². The van der Waals surface area contributed by atoms with Gasteiger partial charge in [-0.05, 0) is 37.5 Å². The Kier molecular flexibility index (Phi) is 7.19. The Morgan fingerprint density at radius 3 is 2.57 bits per heavy atom. The third-order valence-electron chi connectivity index (χ3n) is 3.65. The summed E-state index contributed by atoms with van der Waals surface area (Å²) in [5.74, 6) is 0. The molecule has 1 aromatic rings. The van der Waals surface area contributed by atoms with Crippen molar-refractivity contribution < 1.29 is 9.90 Å². The normalized spacial score (nSPS) is 12.3. The second-order valence-corrected chi connectivity index (χ2v) is 5.23. The van der Waals surface area contributed by atoms with Gasteiger partial charge >= 0.3 is 6.03 Å². The van der Waals surface area contributed by atoms with E-state index in [2.05, 4.69) is 5.32 Å². The summed E-state index contributed by atoms with van der Waals surface area (Å²) in [6.45, 7) is 6.29. The average Bonchev–Trinajstić information content (AvgIpc) is 2.47. The standard InChI is InChI=1S/C16H27N3O2/c1-4-15(5-2)19(9-10-20)16(21)18-14-8-6-7-13(11-14)12(3)17/h6-8,11-12,15,20H,4-5,9-10,17H2,1-3H3,(H,18,21). The first-order valence-corrected chi connectivity index (χ1v) is 7.57. The number of nitrogens with two attached hydrogens (primary N) is 1. The van der Waals surface area contributed by atoms with Crippen molar-refractivity contribution in [3.05, 3.63) is 29.8 Å². The third kappa shape index (κ3) is 5.02. The molecular formula is C16H27N3O2. The van der Waals surface area contributed by atoms with E-state index in [1.807, 2.05) is 45.0 Å². The van der Waals surface area contributed by atoms with E-state index in [0.717, 1.165) is 24.1 Å². The Hall–Kier alpha value is -1.59. The predicted molar refractivity (Wildman–Crippen MR) is 86.2 cm³/mol. The van der Waals surface area contributed by atoms with Gasteiger partial charge in [-0.25, -0.2) is 4.79 Å². The minimum absolute atomic E-state index is 0.0379. The Labute approximate surface area is 127 Å². The average molecular weight is 293 g/mol. The molecule has 0 aliphatic rings. The number of amides is 2. The maximum atomic E-state index is 12.4. The molecule has 0 aliphatic heterocycles. The number of nitrogens with zero attached hydrogens (tertiary/aromatic N) is 1. The first-order chi connectivity index (χ1) is 10.0. The van der Waals surface area contributed by atoms with Crippen molar-refractivity contribution in [3.63, 3.8) is 0 Å². The van der Waals surface area contributed by atoms with Crippen LogP contribution >= 0.6 is 0 Å². The Morgan fingerprint density at radius 1 is 1.38 bits per heavy atom. The molecule has 1 atom stereocenters. The second-order valence-electron chi connectivity index (χ2n) is 5.23. The molecule has 0 saturated heterocycles. The molecule has 4 N–H and O–H groups in total. The Balaban J connectivity index is 2.83. The lowest BCUT2D eigenvalue weighted by Gasteiger charge is -2.30. The minimum atomic E-state index is -0.181. The zero-order chi connectivity index (χ0) is 15.8. The maximum Gasteiger partial charge on any atom is 0.322 e. The van der Waals surface area contributed by atoms with Gasteiger partial charge in [0.1, 0.15) is 0 Å². The lowest BCUT2D eigenvalue weighted by atomic mass is 10.1. The van der Waals surface area contributed by atoms with E-state index in [9.17, 15) is 9.90 Å². The molecule has 0 fully saturated rings. The van der Waals surface area contributed by atoms with Gasteiger partial charge in [0.25, 0.3) is 0 Å². The zero-order valence-corrected chi connectivity index (χ0v) is 13.2. The number of hydrogen-bond donors (Lipinski definition) is 3. The van der Waals surface area contributed by atoms with E-state index >= 15 is 0 Å². The van der Waals surface area contributed by atoms with Gasteiger partial charge in [-0.15, -0.1) is 0 Å². The SMILES string of the molecule is CCC(CC)N(CCO)C(=O)Nc1cccc(C(C)N)c1. The van der Waals surface area contributed by atoms with Gasteiger partial charge in [0, 0.05) is 24.3 Å². The van der Waals surface area contributed by atoms with Crippen molar-refractivity contribution in [1.82, 2.24) is 4.90 Å². The van der Waals surface area contributed by atoms with Crippen LogP contribution in [0.1, 0.15) is 45.2 Å². The minimum Gasteiger partial charge on any atom is -0.395 e. The highest BCUT2D eigenvalue weighted by molar-refractivity contribution is 5.89. The number of hydrogen-bond acceptors (Lipinski definition) is 3. The number of rotatable bonds is 7. The first-order valence-electron chi connectivity index (χ1n) is 7.57. The molecule has 1 unspecified atom stereocenters. The summed E-state index contributed by atoms with van der Waals surface area (Å²) >= 11 is 0. The number of aliphatic hydroxyl groups excluding tert-OH is 1. The molecule has 1 aromatic carbocycles. The fourth-order valence-electron chi connectivity index (χ4n) is 2.38. The van der Waals surface area contributed by atoms with E-state index in [0.29, 0.717) is 6.54 Å². The number of urea groups is 1. The fourth-order valence-corrected chi connectivity index (χ4v) is 2.38. The molecule has 1 rings (SSSR count). The summed E-state index contributed by atoms with van der Waals surface area (Å²) in [6.07, 6.45) is 1.73. The molecule has 5 nitrogen and oxygen atoms in total. The number of carbonyl (C=O) groups is 1. The maximum absolute atomic E-state index is 12.4. The highest BCUT2D eigenvalue weighted by Crippen LogP contribution is 2.17. The number of nitrogens with one attached hydrogen (secondary N) is 1. The Bertz CT molecular complexity index is 445. The molecule has 0 aliphatic carbocycles. The van der Waals surface area contributed by atoms with Crippen molar-refractivity contribution in [2.45, 2.75) is 45.7 Å². The highest BCUT2D eigenvalue weighted by Gasteiger charge is 2.20. The second kappa shape index (κ2) is 8.64. The zero-order valence-electron chi connectivity index (χ0n) is 13.2. The molecule has 0 spiro atoms. The largest absolute Gasteiger partial charge is 0.395 e. The summed E-state index contributed by atoms with van der Waals surface area (Å²) in [5.41, 5.74) is 7.56. The number of aliphatic hydroxyl groups is 1. The summed E-state index contributed by atoms with van der Waals surface area (Å²) in [7, 11) is 0. The van der Waals surface area contributed by atoms with Crippen molar-refractivity contribution in [2.75, 3.05) is 18.5 Å². The fraction of sp³-hybridized carbons (Fsp3) is 0.562. The van der Waals surface area contributed by atoms with Gasteiger partial charge in [-0.1, -0.05) is 26.0 Å². The number of carbonyl (C=O) groups excluding carboxylic acids is 1. The molecule has 0 aromatic heterocycles. The van der Waals surface area contributed by atoms with Crippen molar-refractivity contribution >= 4 is 11.7 Å². The number of benzene rings is 1. The van der Waals surface area contributed by atoms with Crippen LogP contribution in [0.5, 0.6) is 0 Å². The first kappa shape index (κ1) is 17.5. The summed E-state index contributed by atoms with van der Waals surface area (Å²) < 4.78 is 0. The van der Waals surface area contributed by atoms with E-state index in [4.69, 9.17) is 5.73 Å². The third-order valence-corrected chi connectivity index (χ3v) is 3.65. The summed E-state index contributed by atoms with van der Waals surface area (Å²) in [6, 6.07) is 7.41. The van der Waals surface area contributed by atoms with Crippen LogP contribution < -0.4 is 11.1 Å². The molecule has 21 heavy (non-hydrogen) atoms. The lowest BCUT2D eigenvalue weighted by Crippen LogP contribution is -2.44. The highest BCUT2D eigenvalue weighted by atomic mass is 16.3. The predicted octanol–water partition coefficient (Wildman–Crippen LogP) is 2.72. The van der Waals surface area contributed by atoms with Gasteiger partial charge in [0.05, 0.1) is 6.61 Å². The van der Waals surface area contributed by atoms with Crippen LogP contribution in [-0.2, 0) is 0 Å². The topological polar surface area (TPSA) is 78.6 Å². The van der Waals surface area contributed by atoms with Gasteiger partial charge in [-0.2, -0.15) is 0 Å². The van der Waals surface area contributed by atoms with Crippen LogP contribution in [-0.4, -0.2) is 35.2 Å². The van der Waals surface area contributed by atoms with Gasteiger partial charge < -0.3 is 21.1 Å². The van der Waals surface area contributed by atoms with Gasteiger partial charge in [0.15, 0.2) is 0 Å². The smallest absolute Gasteiger partial charge is 0.322 e. The molecule has 0 radical (unpaired) electrons. The van der Waals surface area contributed by atoms with Crippen LogP contribution in [0.4, 0.5) is 10.5 Å². The van der Waals surface area contributed by atoms with Crippen molar-refractivity contribution in [1.29, 1.82) is 0 Å². The van der Waals surface area contributed by atoms with Gasteiger partial charge in [-0.3, -0.25) is 0 Å². The van der Waals surface area contributed by atoms with E-state index in [1.54, 1.807) is 4.90 Å². The monoisotopic (exact) mass is 293 g/mol.